The van der Waals surface area contributed by atoms with Gasteiger partial charge < -0.3 is 9.47 Å². The molecule has 0 radical (unpaired) electrons. The molecule has 6 aromatic carbocycles. The molecular formula is C45H38N2. The fraction of sp³-hybridized carbons (Fsp3) is 0.156. The summed E-state index contributed by atoms with van der Waals surface area (Å²) >= 11 is 0. The van der Waals surface area contributed by atoms with Crippen LogP contribution in [0.2, 0.25) is 0 Å². The molecule has 0 unspecified atom stereocenters. The number of allylic oxidation sites excluding steroid dienone is 4. The molecule has 7 aromatic rings. The van der Waals surface area contributed by atoms with E-state index in [1.807, 2.05) is 0 Å². The first-order chi connectivity index (χ1) is 23.0. The van der Waals surface area contributed by atoms with Gasteiger partial charge in [0.15, 0.2) is 0 Å². The Kier molecular flexibility index (Phi) is 6.47. The SMILES string of the molecule is CC1(C)CCN(c2ccc(C3=CC=C(c4ccc(-n5c6ccccc6c6cc7ccccc7cc65)cc4)CC3)cc2)c2ccccc21. The van der Waals surface area contributed by atoms with Crippen molar-refractivity contribution in [1.82, 2.24) is 4.57 Å². The topological polar surface area (TPSA) is 8.17 Å². The molecule has 1 aliphatic heterocycles. The van der Waals surface area contributed by atoms with Gasteiger partial charge in [-0.05, 0) is 112 Å². The molecule has 1 aliphatic carbocycles. The Morgan fingerprint density at radius 3 is 1.83 bits per heavy atom. The number of hydrogen-bond acceptors (Lipinski definition) is 1. The molecule has 47 heavy (non-hydrogen) atoms. The summed E-state index contributed by atoms with van der Waals surface area (Å²) in [7, 11) is 0. The van der Waals surface area contributed by atoms with E-state index in [9.17, 15) is 0 Å². The second-order valence-corrected chi connectivity index (χ2v) is 13.8. The average Bonchev–Trinajstić information content (AvgIpc) is 3.44. The summed E-state index contributed by atoms with van der Waals surface area (Å²) in [5.41, 5.74) is 13.4. The van der Waals surface area contributed by atoms with Gasteiger partial charge in [-0.3, -0.25) is 0 Å². The van der Waals surface area contributed by atoms with Crippen LogP contribution in [0, 0.1) is 0 Å². The van der Waals surface area contributed by atoms with Crippen LogP contribution < -0.4 is 4.90 Å². The van der Waals surface area contributed by atoms with Gasteiger partial charge >= 0.3 is 0 Å². The molecular weight excluding hydrogens is 569 g/mol. The molecule has 2 aliphatic rings. The van der Waals surface area contributed by atoms with Gasteiger partial charge in [0, 0.05) is 34.4 Å². The molecule has 0 atom stereocenters. The van der Waals surface area contributed by atoms with Gasteiger partial charge in [0.2, 0.25) is 0 Å². The smallest absolute Gasteiger partial charge is 0.0547 e. The van der Waals surface area contributed by atoms with Gasteiger partial charge in [0.25, 0.3) is 0 Å². The lowest BCUT2D eigenvalue weighted by molar-refractivity contribution is 0.467. The molecule has 0 amide bonds. The van der Waals surface area contributed by atoms with E-state index < -0.39 is 0 Å². The lowest BCUT2D eigenvalue weighted by atomic mass is 9.77. The van der Waals surface area contributed by atoms with Crippen LogP contribution in [0.3, 0.4) is 0 Å². The van der Waals surface area contributed by atoms with Crippen molar-refractivity contribution in [3.63, 3.8) is 0 Å². The van der Waals surface area contributed by atoms with Crippen LogP contribution in [0.25, 0.3) is 49.4 Å². The van der Waals surface area contributed by atoms with Crippen molar-refractivity contribution < 1.29 is 0 Å². The van der Waals surface area contributed by atoms with Crippen LogP contribution in [-0.4, -0.2) is 11.1 Å². The Hall–Kier alpha value is -5.34. The lowest BCUT2D eigenvalue weighted by Crippen LogP contribution is -2.34. The Bertz CT molecular complexity index is 2360. The fourth-order valence-corrected chi connectivity index (χ4v) is 7.93. The summed E-state index contributed by atoms with van der Waals surface area (Å²) in [6.07, 6.45) is 7.91. The predicted molar refractivity (Wildman–Crippen MR) is 201 cm³/mol. The maximum absolute atomic E-state index is 2.49. The number of hydrogen-bond donors (Lipinski definition) is 0. The monoisotopic (exact) mass is 606 g/mol. The van der Waals surface area contributed by atoms with E-state index in [1.54, 1.807) is 0 Å². The Morgan fingerprint density at radius 2 is 1.13 bits per heavy atom. The van der Waals surface area contributed by atoms with Crippen LogP contribution in [0.4, 0.5) is 11.4 Å². The molecule has 0 spiro atoms. The Balaban J connectivity index is 0.989. The van der Waals surface area contributed by atoms with Gasteiger partial charge in [-0.15, -0.1) is 0 Å². The molecule has 9 rings (SSSR count). The number of anilines is 2. The first-order valence-electron chi connectivity index (χ1n) is 16.9. The van der Waals surface area contributed by atoms with Crippen LogP contribution in [0.15, 0.2) is 146 Å². The number of benzene rings is 6. The van der Waals surface area contributed by atoms with E-state index in [0.717, 1.165) is 25.8 Å². The van der Waals surface area contributed by atoms with E-state index in [0.29, 0.717) is 0 Å². The molecule has 2 nitrogen and oxygen atoms in total. The van der Waals surface area contributed by atoms with E-state index in [-0.39, 0.29) is 5.41 Å². The highest BCUT2D eigenvalue weighted by Gasteiger charge is 2.31. The van der Waals surface area contributed by atoms with Gasteiger partial charge in [-0.25, -0.2) is 0 Å². The van der Waals surface area contributed by atoms with Crippen molar-refractivity contribution in [3.05, 3.63) is 162 Å². The highest BCUT2D eigenvalue weighted by atomic mass is 15.1. The molecule has 1 aromatic heterocycles. The first kappa shape index (κ1) is 27.9. The quantitative estimate of drug-likeness (QED) is 0.193. The maximum Gasteiger partial charge on any atom is 0.0547 e. The third-order valence-corrected chi connectivity index (χ3v) is 10.6. The zero-order chi connectivity index (χ0) is 31.5. The van der Waals surface area contributed by atoms with Gasteiger partial charge in [-0.1, -0.05) is 111 Å². The van der Waals surface area contributed by atoms with E-state index in [1.165, 1.54) is 77.5 Å². The van der Waals surface area contributed by atoms with Crippen LogP contribution in [-0.2, 0) is 5.41 Å². The van der Waals surface area contributed by atoms with Gasteiger partial charge in [0.1, 0.15) is 0 Å². The summed E-state index contributed by atoms with van der Waals surface area (Å²) in [6, 6.07) is 49.4. The van der Waals surface area contributed by atoms with Crippen LogP contribution in [0.5, 0.6) is 0 Å². The third kappa shape index (κ3) is 4.70. The fourth-order valence-electron chi connectivity index (χ4n) is 7.93. The molecule has 0 fully saturated rings. The maximum atomic E-state index is 2.49. The number of nitrogens with zero attached hydrogens (tertiary/aromatic N) is 2. The van der Waals surface area contributed by atoms with Crippen molar-refractivity contribution in [3.8, 4) is 5.69 Å². The van der Waals surface area contributed by atoms with Gasteiger partial charge in [0.05, 0.1) is 11.0 Å². The average molecular weight is 607 g/mol. The number of fused-ring (bicyclic) bond motifs is 5. The third-order valence-electron chi connectivity index (χ3n) is 10.6. The highest BCUT2D eigenvalue weighted by Crippen LogP contribution is 2.43. The molecule has 0 saturated heterocycles. The van der Waals surface area contributed by atoms with Crippen molar-refractivity contribution in [2.45, 2.75) is 38.5 Å². The van der Waals surface area contributed by atoms with Crippen molar-refractivity contribution in [2.75, 3.05) is 11.4 Å². The molecule has 2 heteroatoms. The second-order valence-electron chi connectivity index (χ2n) is 13.8. The Labute approximate surface area is 276 Å². The van der Waals surface area contributed by atoms with Crippen molar-refractivity contribution in [2.24, 2.45) is 0 Å². The Morgan fingerprint density at radius 1 is 0.532 bits per heavy atom. The molecule has 0 bridgehead atoms. The van der Waals surface area contributed by atoms with E-state index in [4.69, 9.17) is 0 Å². The minimum atomic E-state index is 0.213. The summed E-state index contributed by atoms with van der Waals surface area (Å²) in [4.78, 5) is 2.49. The lowest BCUT2D eigenvalue weighted by Gasteiger charge is -2.40. The molecule has 228 valence electrons. The van der Waals surface area contributed by atoms with Crippen molar-refractivity contribution in [1.29, 1.82) is 0 Å². The zero-order valence-electron chi connectivity index (χ0n) is 27.1. The van der Waals surface area contributed by atoms with Gasteiger partial charge in [-0.2, -0.15) is 0 Å². The standard InChI is InChI=1S/C45H38N2/c1-45(2)27-28-46(43-14-8-6-12-41(43)45)37-23-19-33(20-24-37)31-15-17-32(18-16-31)34-21-25-38(26-22-34)47-42-13-7-5-11-39(42)40-29-35-9-3-4-10-36(35)30-44(40)47/h3-15,17,19-26,29-30H,16,18,27-28H2,1-2H3. The summed E-state index contributed by atoms with van der Waals surface area (Å²) < 4.78 is 2.42. The van der Waals surface area contributed by atoms with Crippen LogP contribution in [0.1, 0.15) is 49.8 Å². The largest absolute Gasteiger partial charge is 0.341 e. The van der Waals surface area contributed by atoms with Crippen molar-refractivity contribution >= 4 is 55.1 Å². The zero-order valence-corrected chi connectivity index (χ0v) is 27.1. The molecule has 2 heterocycles. The number of rotatable bonds is 4. The first-order valence-corrected chi connectivity index (χ1v) is 16.9. The molecule has 0 saturated carbocycles. The number of aromatic nitrogens is 1. The minimum Gasteiger partial charge on any atom is -0.341 e. The number of para-hydroxylation sites is 2. The van der Waals surface area contributed by atoms with E-state index >= 15 is 0 Å². The van der Waals surface area contributed by atoms with E-state index in [2.05, 4.69) is 169 Å². The normalized spacial score (nSPS) is 15.9. The summed E-state index contributed by atoms with van der Waals surface area (Å²) in [5.74, 6) is 0. The summed E-state index contributed by atoms with van der Waals surface area (Å²) in [5, 5.41) is 5.14. The minimum absolute atomic E-state index is 0.213. The molecule has 0 N–H and O–H groups in total. The second kappa shape index (κ2) is 10.9. The highest BCUT2D eigenvalue weighted by molar-refractivity contribution is 6.13. The predicted octanol–water partition coefficient (Wildman–Crippen LogP) is 12.0. The summed E-state index contributed by atoms with van der Waals surface area (Å²) in [6.45, 7) is 5.78. The van der Waals surface area contributed by atoms with Crippen LogP contribution >= 0.6 is 0 Å².